The molecule has 0 amide bonds. The molecule has 102 valence electrons. The Balaban J connectivity index is 2.14. The maximum absolute atomic E-state index is 5.69. The van der Waals surface area contributed by atoms with Crippen LogP contribution < -0.4 is 10.1 Å². The Labute approximate surface area is 117 Å². The molecular formula is C14H19N3OS. The van der Waals surface area contributed by atoms with E-state index >= 15 is 0 Å². The standard InChI is InChI=1S/C14H19N3OS/c1-4-15-9-13-16-17-14(19-13)11-6-5-7-12(8-11)18-10(2)3/h5-8,10,15H,4,9H2,1-3H3. The summed E-state index contributed by atoms with van der Waals surface area (Å²) in [7, 11) is 0. The first-order valence-corrected chi connectivity index (χ1v) is 7.31. The zero-order valence-corrected chi connectivity index (χ0v) is 12.3. The molecule has 0 radical (unpaired) electrons. The zero-order chi connectivity index (χ0) is 13.7. The largest absolute Gasteiger partial charge is 0.491 e. The van der Waals surface area contributed by atoms with E-state index in [1.54, 1.807) is 11.3 Å². The summed E-state index contributed by atoms with van der Waals surface area (Å²) in [5.74, 6) is 0.871. The van der Waals surface area contributed by atoms with Crippen LogP contribution in [0.5, 0.6) is 5.75 Å². The minimum Gasteiger partial charge on any atom is -0.491 e. The van der Waals surface area contributed by atoms with Gasteiger partial charge < -0.3 is 10.1 Å². The molecule has 5 heteroatoms. The van der Waals surface area contributed by atoms with Gasteiger partial charge in [0.1, 0.15) is 15.8 Å². The molecular weight excluding hydrogens is 258 g/mol. The highest BCUT2D eigenvalue weighted by molar-refractivity contribution is 7.14. The number of rotatable bonds is 6. The molecule has 0 aliphatic carbocycles. The van der Waals surface area contributed by atoms with Crippen LogP contribution in [0, 0.1) is 0 Å². The molecule has 0 saturated heterocycles. The van der Waals surface area contributed by atoms with E-state index in [2.05, 4.69) is 22.4 Å². The zero-order valence-electron chi connectivity index (χ0n) is 11.5. The van der Waals surface area contributed by atoms with Crippen molar-refractivity contribution in [1.82, 2.24) is 15.5 Å². The van der Waals surface area contributed by atoms with Gasteiger partial charge in [0.2, 0.25) is 0 Å². The Hall–Kier alpha value is -1.46. The molecule has 2 aromatic rings. The van der Waals surface area contributed by atoms with Gasteiger partial charge in [-0.05, 0) is 32.5 Å². The van der Waals surface area contributed by atoms with Gasteiger partial charge in [0.05, 0.1) is 6.10 Å². The molecule has 1 N–H and O–H groups in total. The van der Waals surface area contributed by atoms with E-state index in [1.165, 1.54) is 0 Å². The number of nitrogens with zero attached hydrogens (tertiary/aromatic N) is 2. The van der Waals surface area contributed by atoms with Crippen LogP contribution in [0.4, 0.5) is 0 Å². The lowest BCUT2D eigenvalue weighted by molar-refractivity contribution is 0.242. The molecule has 0 bridgehead atoms. The number of ether oxygens (including phenoxy) is 1. The van der Waals surface area contributed by atoms with E-state index in [1.807, 2.05) is 38.1 Å². The Morgan fingerprint density at radius 1 is 1.32 bits per heavy atom. The Bertz CT molecular complexity index is 525. The number of hydrogen-bond donors (Lipinski definition) is 1. The SMILES string of the molecule is CCNCc1nnc(-c2cccc(OC(C)C)c2)s1. The second kappa shape index (κ2) is 6.63. The van der Waals surface area contributed by atoms with Crippen molar-refractivity contribution in [2.75, 3.05) is 6.54 Å². The van der Waals surface area contributed by atoms with E-state index in [0.29, 0.717) is 0 Å². The average molecular weight is 277 g/mol. The van der Waals surface area contributed by atoms with Crippen molar-refractivity contribution in [2.45, 2.75) is 33.4 Å². The first kappa shape index (κ1) is 14.0. The smallest absolute Gasteiger partial charge is 0.147 e. The quantitative estimate of drug-likeness (QED) is 0.881. The fourth-order valence-electron chi connectivity index (χ4n) is 1.65. The molecule has 1 heterocycles. The van der Waals surface area contributed by atoms with Gasteiger partial charge in [-0.25, -0.2) is 0 Å². The fourth-order valence-corrected chi connectivity index (χ4v) is 2.45. The van der Waals surface area contributed by atoms with Gasteiger partial charge in [0, 0.05) is 12.1 Å². The number of nitrogens with one attached hydrogen (secondary N) is 1. The van der Waals surface area contributed by atoms with Gasteiger partial charge in [-0.1, -0.05) is 30.4 Å². The van der Waals surface area contributed by atoms with Gasteiger partial charge in [-0.15, -0.1) is 10.2 Å². The lowest BCUT2D eigenvalue weighted by Gasteiger charge is -2.09. The Morgan fingerprint density at radius 2 is 2.16 bits per heavy atom. The van der Waals surface area contributed by atoms with Gasteiger partial charge in [-0.3, -0.25) is 0 Å². The molecule has 0 fully saturated rings. The average Bonchev–Trinajstić information content (AvgIpc) is 2.84. The highest BCUT2D eigenvalue weighted by atomic mass is 32.1. The number of hydrogen-bond acceptors (Lipinski definition) is 5. The van der Waals surface area contributed by atoms with Crippen molar-refractivity contribution in [3.63, 3.8) is 0 Å². The lowest BCUT2D eigenvalue weighted by atomic mass is 10.2. The topological polar surface area (TPSA) is 47.0 Å². The van der Waals surface area contributed by atoms with Crippen molar-refractivity contribution in [1.29, 1.82) is 0 Å². The Kier molecular flexibility index (Phi) is 4.87. The van der Waals surface area contributed by atoms with Gasteiger partial charge >= 0.3 is 0 Å². The molecule has 0 aliphatic rings. The summed E-state index contributed by atoms with van der Waals surface area (Å²) in [6, 6.07) is 7.99. The highest BCUT2D eigenvalue weighted by Gasteiger charge is 2.07. The van der Waals surface area contributed by atoms with E-state index in [-0.39, 0.29) is 6.10 Å². The summed E-state index contributed by atoms with van der Waals surface area (Å²) < 4.78 is 5.69. The predicted octanol–water partition coefficient (Wildman–Crippen LogP) is 3.10. The second-order valence-corrected chi connectivity index (χ2v) is 5.54. The van der Waals surface area contributed by atoms with E-state index in [0.717, 1.165) is 34.4 Å². The van der Waals surface area contributed by atoms with Crippen LogP contribution in [0.2, 0.25) is 0 Å². The first-order chi connectivity index (χ1) is 9.19. The third-order valence-electron chi connectivity index (χ3n) is 2.45. The van der Waals surface area contributed by atoms with Crippen molar-refractivity contribution in [3.05, 3.63) is 29.3 Å². The van der Waals surface area contributed by atoms with E-state index in [9.17, 15) is 0 Å². The lowest BCUT2D eigenvalue weighted by Crippen LogP contribution is -2.11. The predicted molar refractivity (Wildman–Crippen MR) is 78.5 cm³/mol. The maximum Gasteiger partial charge on any atom is 0.147 e. The molecule has 0 spiro atoms. The minimum absolute atomic E-state index is 0.175. The van der Waals surface area contributed by atoms with Crippen molar-refractivity contribution in [2.24, 2.45) is 0 Å². The molecule has 0 atom stereocenters. The van der Waals surface area contributed by atoms with Crippen molar-refractivity contribution in [3.8, 4) is 16.3 Å². The third-order valence-corrected chi connectivity index (χ3v) is 3.42. The Morgan fingerprint density at radius 3 is 2.89 bits per heavy atom. The van der Waals surface area contributed by atoms with Crippen molar-refractivity contribution < 1.29 is 4.74 Å². The van der Waals surface area contributed by atoms with Gasteiger partial charge in [0.25, 0.3) is 0 Å². The minimum atomic E-state index is 0.175. The normalized spacial score (nSPS) is 10.9. The van der Waals surface area contributed by atoms with Crippen LogP contribution in [0.1, 0.15) is 25.8 Å². The third kappa shape index (κ3) is 4.01. The summed E-state index contributed by atoms with van der Waals surface area (Å²) in [4.78, 5) is 0. The summed E-state index contributed by atoms with van der Waals surface area (Å²) in [5.41, 5.74) is 1.05. The molecule has 1 aromatic carbocycles. The van der Waals surface area contributed by atoms with Crippen LogP contribution in [0.3, 0.4) is 0 Å². The summed E-state index contributed by atoms with van der Waals surface area (Å²) >= 11 is 1.61. The van der Waals surface area contributed by atoms with Crippen LogP contribution in [0.25, 0.3) is 10.6 Å². The first-order valence-electron chi connectivity index (χ1n) is 6.49. The summed E-state index contributed by atoms with van der Waals surface area (Å²) in [6.45, 7) is 7.83. The van der Waals surface area contributed by atoms with Crippen LogP contribution >= 0.6 is 11.3 Å². The maximum atomic E-state index is 5.69. The molecule has 0 unspecified atom stereocenters. The van der Waals surface area contributed by atoms with Gasteiger partial charge in [0.15, 0.2) is 0 Å². The molecule has 1 aromatic heterocycles. The molecule has 2 rings (SSSR count). The summed E-state index contributed by atoms with van der Waals surface area (Å²) in [6.07, 6.45) is 0.175. The summed E-state index contributed by atoms with van der Waals surface area (Å²) in [5, 5.41) is 13.6. The second-order valence-electron chi connectivity index (χ2n) is 4.48. The van der Waals surface area contributed by atoms with Crippen LogP contribution in [-0.2, 0) is 6.54 Å². The number of benzene rings is 1. The van der Waals surface area contributed by atoms with E-state index in [4.69, 9.17) is 4.74 Å². The van der Waals surface area contributed by atoms with Crippen LogP contribution in [-0.4, -0.2) is 22.8 Å². The van der Waals surface area contributed by atoms with E-state index < -0.39 is 0 Å². The van der Waals surface area contributed by atoms with Crippen molar-refractivity contribution >= 4 is 11.3 Å². The monoisotopic (exact) mass is 277 g/mol. The molecule has 0 saturated carbocycles. The van der Waals surface area contributed by atoms with Gasteiger partial charge in [-0.2, -0.15) is 0 Å². The highest BCUT2D eigenvalue weighted by Crippen LogP contribution is 2.27. The molecule has 4 nitrogen and oxygen atoms in total. The molecule has 0 aliphatic heterocycles. The fraction of sp³-hybridized carbons (Fsp3) is 0.429. The molecule has 19 heavy (non-hydrogen) atoms. The number of aromatic nitrogens is 2. The van der Waals surface area contributed by atoms with Crippen LogP contribution in [0.15, 0.2) is 24.3 Å².